The van der Waals surface area contributed by atoms with Crippen LogP contribution in [0.2, 0.25) is 0 Å². The second kappa shape index (κ2) is 9.02. The molecule has 7 heteroatoms. The first-order valence-corrected chi connectivity index (χ1v) is 8.65. The van der Waals surface area contributed by atoms with Crippen molar-refractivity contribution < 1.29 is 23.9 Å². The third-order valence-electron chi connectivity index (χ3n) is 4.28. The van der Waals surface area contributed by atoms with Crippen molar-refractivity contribution in [2.24, 2.45) is 0 Å². The van der Waals surface area contributed by atoms with Crippen LogP contribution < -0.4 is 10.1 Å². The molecule has 0 spiro atoms. The fraction of sp³-hybridized carbons (Fsp3) is 0.350. The van der Waals surface area contributed by atoms with Crippen molar-refractivity contribution in [2.45, 2.75) is 27.3 Å². The number of nitrogens with zero attached hydrogens (tertiary/aromatic N) is 1. The molecule has 144 valence electrons. The predicted molar refractivity (Wildman–Crippen MR) is 100 cm³/mol. The van der Waals surface area contributed by atoms with Gasteiger partial charge in [-0.15, -0.1) is 0 Å². The number of amides is 1. The van der Waals surface area contributed by atoms with Crippen molar-refractivity contribution >= 4 is 17.7 Å². The van der Waals surface area contributed by atoms with Gasteiger partial charge in [0.2, 0.25) is 5.78 Å². The minimum atomic E-state index is -0.677. The third kappa shape index (κ3) is 4.97. The SMILES string of the molecule is CCn1c(C)cc(C(=O)COC(=O)CNC(=O)c2cccc(OC)c2)c1C. The van der Waals surface area contributed by atoms with E-state index in [0.717, 1.165) is 17.9 Å². The molecular weight excluding hydrogens is 348 g/mol. The summed E-state index contributed by atoms with van der Waals surface area (Å²) in [6, 6.07) is 8.35. The first-order valence-electron chi connectivity index (χ1n) is 8.65. The molecule has 0 saturated carbocycles. The van der Waals surface area contributed by atoms with E-state index in [-0.39, 0.29) is 18.9 Å². The minimum absolute atomic E-state index is 0.268. The molecule has 1 heterocycles. The van der Waals surface area contributed by atoms with Crippen molar-refractivity contribution in [2.75, 3.05) is 20.3 Å². The van der Waals surface area contributed by atoms with E-state index in [1.165, 1.54) is 7.11 Å². The second-order valence-corrected chi connectivity index (χ2v) is 6.03. The van der Waals surface area contributed by atoms with Crippen LogP contribution in [0.3, 0.4) is 0 Å². The fourth-order valence-electron chi connectivity index (χ4n) is 2.86. The van der Waals surface area contributed by atoms with Gasteiger partial charge < -0.3 is 19.4 Å². The number of carbonyl (C=O) groups excluding carboxylic acids is 3. The van der Waals surface area contributed by atoms with Gasteiger partial charge in [-0.25, -0.2) is 0 Å². The van der Waals surface area contributed by atoms with E-state index in [2.05, 4.69) is 5.32 Å². The van der Waals surface area contributed by atoms with E-state index in [9.17, 15) is 14.4 Å². The van der Waals surface area contributed by atoms with Crippen LogP contribution in [0.5, 0.6) is 5.75 Å². The van der Waals surface area contributed by atoms with Gasteiger partial charge in [0.25, 0.3) is 5.91 Å². The Hall–Kier alpha value is -3.09. The van der Waals surface area contributed by atoms with Gasteiger partial charge >= 0.3 is 5.97 Å². The highest BCUT2D eigenvalue weighted by Crippen LogP contribution is 2.16. The number of esters is 1. The van der Waals surface area contributed by atoms with Crippen molar-refractivity contribution in [3.8, 4) is 5.75 Å². The number of aryl methyl sites for hydroxylation is 1. The molecule has 1 amide bonds. The van der Waals surface area contributed by atoms with Crippen molar-refractivity contribution in [3.05, 3.63) is 52.8 Å². The molecule has 0 aliphatic rings. The molecule has 1 N–H and O–H groups in total. The zero-order chi connectivity index (χ0) is 20.0. The Bertz CT molecular complexity index is 854. The van der Waals surface area contributed by atoms with Gasteiger partial charge in [-0.2, -0.15) is 0 Å². The number of aromatic nitrogens is 1. The summed E-state index contributed by atoms with van der Waals surface area (Å²) in [5.74, 6) is -0.830. The highest BCUT2D eigenvalue weighted by Gasteiger charge is 2.17. The van der Waals surface area contributed by atoms with E-state index in [0.29, 0.717) is 16.9 Å². The Balaban J connectivity index is 1.85. The summed E-state index contributed by atoms with van der Waals surface area (Å²) in [5.41, 5.74) is 2.74. The zero-order valence-corrected chi connectivity index (χ0v) is 16.0. The van der Waals surface area contributed by atoms with Crippen LogP contribution in [-0.2, 0) is 16.1 Å². The van der Waals surface area contributed by atoms with Gasteiger partial charge in [0.15, 0.2) is 6.61 Å². The number of benzene rings is 1. The molecule has 0 fully saturated rings. The molecule has 27 heavy (non-hydrogen) atoms. The Kier molecular flexibility index (Phi) is 6.76. The number of methoxy groups -OCH3 is 1. The maximum Gasteiger partial charge on any atom is 0.325 e. The van der Waals surface area contributed by atoms with Gasteiger partial charge in [0.1, 0.15) is 12.3 Å². The smallest absolute Gasteiger partial charge is 0.325 e. The van der Waals surface area contributed by atoms with Crippen molar-refractivity contribution in [3.63, 3.8) is 0 Å². The summed E-state index contributed by atoms with van der Waals surface area (Å²) in [7, 11) is 1.50. The largest absolute Gasteiger partial charge is 0.497 e. The van der Waals surface area contributed by atoms with Crippen LogP contribution in [0.25, 0.3) is 0 Å². The van der Waals surface area contributed by atoms with E-state index < -0.39 is 11.9 Å². The molecular formula is C20H24N2O5. The summed E-state index contributed by atoms with van der Waals surface area (Å²) in [6.07, 6.45) is 0. The lowest BCUT2D eigenvalue weighted by Crippen LogP contribution is -2.31. The third-order valence-corrected chi connectivity index (χ3v) is 4.28. The van der Waals surface area contributed by atoms with E-state index in [1.54, 1.807) is 30.3 Å². The Morgan fingerprint density at radius 1 is 1.15 bits per heavy atom. The minimum Gasteiger partial charge on any atom is -0.497 e. The molecule has 0 radical (unpaired) electrons. The fourth-order valence-corrected chi connectivity index (χ4v) is 2.86. The van der Waals surface area contributed by atoms with Crippen LogP contribution in [-0.4, -0.2) is 42.5 Å². The molecule has 0 saturated heterocycles. The average molecular weight is 372 g/mol. The molecule has 7 nitrogen and oxygen atoms in total. The molecule has 0 atom stereocenters. The number of nitrogens with one attached hydrogen (secondary N) is 1. The van der Waals surface area contributed by atoms with Gasteiger partial charge in [-0.3, -0.25) is 14.4 Å². The van der Waals surface area contributed by atoms with Crippen molar-refractivity contribution in [1.82, 2.24) is 9.88 Å². The van der Waals surface area contributed by atoms with Gasteiger partial charge in [-0.1, -0.05) is 6.07 Å². The second-order valence-electron chi connectivity index (χ2n) is 6.03. The zero-order valence-electron chi connectivity index (χ0n) is 16.0. The molecule has 0 aliphatic heterocycles. The van der Waals surface area contributed by atoms with Crippen LogP contribution >= 0.6 is 0 Å². The lowest BCUT2D eigenvalue weighted by atomic mass is 10.1. The van der Waals surface area contributed by atoms with Crippen LogP contribution in [0.4, 0.5) is 0 Å². The van der Waals surface area contributed by atoms with Gasteiger partial charge in [-0.05, 0) is 45.0 Å². The summed E-state index contributed by atoms with van der Waals surface area (Å²) < 4.78 is 12.1. The molecule has 2 rings (SSSR count). The highest BCUT2D eigenvalue weighted by molar-refractivity contribution is 6.00. The summed E-state index contributed by atoms with van der Waals surface area (Å²) >= 11 is 0. The standard InChI is InChI=1S/C20H24N2O5/c1-5-22-13(2)9-17(14(22)3)18(23)12-27-19(24)11-21-20(25)15-7-6-8-16(10-15)26-4/h6-10H,5,11-12H2,1-4H3,(H,21,25). The van der Waals surface area contributed by atoms with Crippen LogP contribution in [0.1, 0.15) is 39.0 Å². The van der Waals surface area contributed by atoms with Crippen molar-refractivity contribution in [1.29, 1.82) is 0 Å². The lowest BCUT2D eigenvalue weighted by molar-refractivity contribution is -0.141. The maximum atomic E-state index is 12.3. The number of Topliss-reactive ketones (excluding diaryl/α,β-unsaturated/α-hetero) is 1. The monoisotopic (exact) mass is 372 g/mol. The molecule has 0 aliphatic carbocycles. The first kappa shape index (κ1) is 20.2. The van der Waals surface area contributed by atoms with E-state index >= 15 is 0 Å². The quantitative estimate of drug-likeness (QED) is 0.567. The first-order chi connectivity index (χ1) is 12.9. The summed E-state index contributed by atoms with van der Waals surface area (Å²) in [5, 5.41) is 2.46. The molecule has 0 unspecified atom stereocenters. The topological polar surface area (TPSA) is 86.6 Å². The Labute approximate surface area is 158 Å². The number of hydrogen-bond donors (Lipinski definition) is 1. The predicted octanol–water partition coefficient (Wildman–Crippen LogP) is 2.29. The Morgan fingerprint density at radius 2 is 1.89 bits per heavy atom. The maximum absolute atomic E-state index is 12.3. The molecule has 2 aromatic rings. The van der Waals surface area contributed by atoms with E-state index in [1.807, 2.05) is 25.3 Å². The number of rotatable bonds is 8. The number of ketones is 1. The lowest BCUT2D eigenvalue weighted by Gasteiger charge is -2.08. The van der Waals surface area contributed by atoms with Gasteiger partial charge in [0, 0.05) is 29.1 Å². The van der Waals surface area contributed by atoms with Crippen LogP contribution in [0, 0.1) is 13.8 Å². The molecule has 1 aromatic heterocycles. The molecule has 0 bridgehead atoms. The number of carbonyl (C=O) groups is 3. The summed E-state index contributed by atoms with van der Waals surface area (Å²) in [4.78, 5) is 36.2. The summed E-state index contributed by atoms with van der Waals surface area (Å²) in [6.45, 7) is 5.87. The Morgan fingerprint density at radius 3 is 2.52 bits per heavy atom. The van der Waals surface area contributed by atoms with Crippen LogP contribution in [0.15, 0.2) is 30.3 Å². The number of ether oxygens (including phenoxy) is 2. The average Bonchev–Trinajstić information content (AvgIpc) is 2.97. The van der Waals surface area contributed by atoms with Gasteiger partial charge in [0.05, 0.1) is 7.11 Å². The molecule has 1 aromatic carbocycles. The van der Waals surface area contributed by atoms with E-state index in [4.69, 9.17) is 9.47 Å². The highest BCUT2D eigenvalue weighted by atomic mass is 16.5. The number of hydrogen-bond acceptors (Lipinski definition) is 5. The normalized spacial score (nSPS) is 10.4.